The molecule has 1 aromatic carbocycles. The fourth-order valence-corrected chi connectivity index (χ4v) is 1.29. The van der Waals surface area contributed by atoms with E-state index < -0.39 is 24.4 Å². The number of ether oxygens (including phenoxy) is 1. The molecule has 1 aromatic rings. The Morgan fingerprint density at radius 2 is 1.83 bits per heavy atom. The molecular weight excluding hydrogens is 242 g/mol. The number of halogens is 2. The summed E-state index contributed by atoms with van der Waals surface area (Å²) < 4.78 is 29.3. The van der Waals surface area contributed by atoms with Gasteiger partial charge in [0, 0.05) is 5.56 Å². The predicted molar refractivity (Wildman–Crippen MR) is 62.2 cm³/mol. The molecule has 0 spiro atoms. The van der Waals surface area contributed by atoms with Gasteiger partial charge >= 0.3 is 0 Å². The number of ketones is 2. The number of Topliss-reactive ketones (excluding diaryl/α,β-unsaturated/α-hetero) is 2. The summed E-state index contributed by atoms with van der Waals surface area (Å²) in [5.41, 5.74) is 0.229. The van der Waals surface area contributed by atoms with Crippen LogP contribution >= 0.6 is 0 Å². The topological polar surface area (TPSA) is 43.4 Å². The summed E-state index contributed by atoms with van der Waals surface area (Å²) in [6.07, 6.45) is -3.00. The molecule has 18 heavy (non-hydrogen) atoms. The van der Waals surface area contributed by atoms with Crippen molar-refractivity contribution in [2.24, 2.45) is 0 Å². The van der Waals surface area contributed by atoms with Gasteiger partial charge in [-0.3, -0.25) is 9.59 Å². The number of benzene rings is 1. The maximum Gasteiger partial charge on any atom is 0.296 e. The van der Waals surface area contributed by atoms with Gasteiger partial charge < -0.3 is 4.74 Å². The minimum Gasteiger partial charge on any atom is -0.494 e. The monoisotopic (exact) mass is 256 g/mol. The summed E-state index contributed by atoms with van der Waals surface area (Å²) in [4.78, 5) is 22.2. The molecule has 5 heteroatoms. The third-order valence-corrected chi connectivity index (χ3v) is 2.23. The maximum absolute atomic E-state index is 12.0. The van der Waals surface area contributed by atoms with Gasteiger partial charge in [0.15, 0.2) is 5.78 Å². The van der Waals surface area contributed by atoms with Crippen LogP contribution in [0.1, 0.15) is 30.1 Å². The lowest BCUT2D eigenvalue weighted by Crippen LogP contribution is -2.15. The smallest absolute Gasteiger partial charge is 0.296 e. The lowest BCUT2D eigenvalue weighted by molar-refractivity contribution is -0.128. The van der Waals surface area contributed by atoms with Crippen molar-refractivity contribution in [2.45, 2.75) is 26.2 Å². The molecule has 0 saturated heterocycles. The average molecular weight is 256 g/mol. The largest absolute Gasteiger partial charge is 0.494 e. The number of hydrogen-bond donors (Lipinski definition) is 0. The van der Waals surface area contributed by atoms with Gasteiger partial charge in [-0.25, -0.2) is 8.78 Å². The molecule has 0 aliphatic heterocycles. The molecule has 0 aliphatic rings. The standard InChI is InChI=1S/C13H14F2O3/c1-2-7-18-10-5-3-9(4-6-10)11(16)8-12(17)13(14)15/h3-6,13H,2,7-8H2,1H3. The number of carbonyl (C=O) groups excluding carboxylic acids is 2. The lowest BCUT2D eigenvalue weighted by atomic mass is 10.1. The van der Waals surface area contributed by atoms with Gasteiger partial charge in [-0.1, -0.05) is 6.92 Å². The first-order valence-corrected chi connectivity index (χ1v) is 5.61. The first-order valence-electron chi connectivity index (χ1n) is 5.61. The van der Waals surface area contributed by atoms with Gasteiger partial charge in [-0.05, 0) is 30.7 Å². The van der Waals surface area contributed by atoms with Crippen LogP contribution in [0.25, 0.3) is 0 Å². The minimum absolute atomic E-state index is 0.229. The summed E-state index contributed by atoms with van der Waals surface area (Å²) >= 11 is 0. The fourth-order valence-electron chi connectivity index (χ4n) is 1.29. The second-order valence-corrected chi connectivity index (χ2v) is 3.74. The van der Waals surface area contributed by atoms with E-state index >= 15 is 0 Å². The van der Waals surface area contributed by atoms with E-state index in [4.69, 9.17) is 4.74 Å². The molecule has 0 radical (unpaired) electrons. The van der Waals surface area contributed by atoms with Crippen LogP contribution in [0, 0.1) is 0 Å². The van der Waals surface area contributed by atoms with E-state index in [1.807, 2.05) is 6.92 Å². The van der Waals surface area contributed by atoms with Crippen LogP contribution in [0.3, 0.4) is 0 Å². The Labute approximate surface area is 104 Å². The van der Waals surface area contributed by atoms with Crippen LogP contribution in [0.15, 0.2) is 24.3 Å². The summed E-state index contributed by atoms with van der Waals surface area (Å²) in [6, 6.07) is 6.09. The Morgan fingerprint density at radius 3 is 2.33 bits per heavy atom. The van der Waals surface area contributed by atoms with E-state index in [-0.39, 0.29) is 5.56 Å². The fraction of sp³-hybridized carbons (Fsp3) is 0.385. The van der Waals surface area contributed by atoms with Crippen molar-refractivity contribution in [1.29, 1.82) is 0 Å². The molecule has 0 fully saturated rings. The van der Waals surface area contributed by atoms with Crippen LogP contribution < -0.4 is 4.74 Å². The minimum atomic E-state index is -3.10. The van der Waals surface area contributed by atoms with Crippen LogP contribution in [0.5, 0.6) is 5.75 Å². The highest BCUT2D eigenvalue weighted by Gasteiger charge is 2.19. The summed E-state index contributed by atoms with van der Waals surface area (Å²) in [5, 5.41) is 0. The molecule has 98 valence electrons. The van der Waals surface area contributed by atoms with Crippen LogP contribution in [0.4, 0.5) is 8.78 Å². The molecule has 0 bridgehead atoms. The van der Waals surface area contributed by atoms with E-state index in [2.05, 4.69) is 0 Å². The number of hydrogen-bond acceptors (Lipinski definition) is 3. The zero-order chi connectivity index (χ0) is 13.5. The van der Waals surface area contributed by atoms with Crippen molar-refractivity contribution < 1.29 is 23.1 Å². The van der Waals surface area contributed by atoms with E-state index in [0.717, 1.165) is 6.42 Å². The van der Waals surface area contributed by atoms with Crippen molar-refractivity contribution in [3.63, 3.8) is 0 Å². The Morgan fingerprint density at radius 1 is 1.22 bits per heavy atom. The molecule has 0 heterocycles. The van der Waals surface area contributed by atoms with Gasteiger partial charge in [0.2, 0.25) is 5.78 Å². The maximum atomic E-state index is 12.0. The molecule has 0 saturated carbocycles. The molecule has 3 nitrogen and oxygen atoms in total. The molecule has 0 atom stereocenters. The Bertz CT molecular complexity index is 413. The second kappa shape index (κ2) is 6.83. The quantitative estimate of drug-likeness (QED) is 0.556. The zero-order valence-electron chi connectivity index (χ0n) is 9.99. The number of alkyl halides is 2. The summed E-state index contributed by atoms with van der Waals surface area (Å²) in [6.45, 7) is 2.53. The van der Waals surface area contributed by atoms with Crippen LogP contribution in [-0.4, -0.2) is 24.6 Å². The van der Waals surface area contributed by atoms with Gasteiger partial charge in [0.25, 0.3) is 6.43 Å². The second-order valence-electron chi connectivity index (χ2n) is 3.74. The highest BCUT2D eigenvalue weighted by Crippen LogP contribution is 2.14. The molecule has 0 aromatic heterocycles. The van der Waals surface area contributed by atoms with Gasteiger partial charge in [0.1, 0.15) is 5.75 Å². The zero-order valence-corrected chi connectivity index (χ0v) is 9.99. The third-order valence-electron chi connectivity index (χ3n) is 2.23. The third kappa shape index (κ3) is 4.24. The molecule has 1 rings (SSSR count). The van der Waals surface area contributed by atoms with Gasteiger partial charge in [0.05, 0.1) is 13.0 Å². The van der Waals surface area contributed by atoms with E-state index in [0.29, 0.717) is 12.4 Å². The van der Waals surface area contributed by atoms with Gasteiger partial charge in [-0.2, -0.15) is 0 Å². The number of carbonyl (C=O) groups is 2. The molecule has 0 N–H and O–H groups in total. The molecule has 0 unspecified atom stereocenters. The Kier molecular flexibility index (Phi) is 5.42. The highest BCUT2D eigenvalue weighted by atomic mass is 19.3. The van der Waals surface area contributed by atoms with Crippen molar-refractivity contribution in [3.05, 3.63) is 29.8 Å². The SMILES string of the molecule is CCCOc1ccc(C(=O)CC(=O)C(F)F)cc1. The van der Waals surface area contributed by atoms with Crippen LogP contribution in [0.2, 0.25) is 0 Å². The molecule has 0 amide bonds. The first kappa shape index (κ1) is 14.3. The molecular formula is C13H14F2O3. The predicted octanol–water partition coefficient (Wildman–Crippen LogP) is 2.88. The summed E-state index contributed by atoms with van der Waals surface area (Å²) in [7, 11) is 0. The normalized spacial score (nSPS) is 10.4. The number of rotatable bonds is 7. The summed E-state index contributed by atoms with van der Waals surface area (Å²) in [5.74, 6) is -1.36. The first-order chi connectivity index (χ1) is 8.54. The highest BCUT2D eigenvalue weighted by molar-refractivity contribution is 6.08. The van der Waals surface area contributed by atoms with E-state index in [1.54, 1.807) is 12.1 Å². The van der Waals surface area contributed by atoms with E-state index in [1.165, 1.54) is 12.1 Å². The molecule has 0 aliphatic carbocycles. The van der Waals surface area contributed by atoms with Crippen molar-refractivity contribution in [3.8, 4) is 5.75 Å². The van der Waals surface area contributed by atoms with Crippen molar-refractivity contribution >= 4 is 11.6 Å². The Hall–Kier alpha value is -1.78. The Balaban J connectivity index is 2.61. The van der Waals surface area contributed by atoms with E-state index in [9.17, 15) is 18.4 Å². The lowest BCUT2D eigenvalue weighted by Gasteiger charge is -2.05. The van der Waals surface area contributed by atoms with Crippen LogP contribution in [-0.2, 0) is 4.79 Å². The van der Waals surface area contributed by atoms with Gasteiger partial charge in [-0.15, -0.1) is 0 Å². The van der Waals surface area contributed by atoms with Crippen molar-refractivity contribution in [2.75, 3.05) is 6.61 Å². The van der Waals surface area contributed by atoms with Crippen molar-refractivity contribution in [1.82, 2.24) is 0 Å². The average Bonchev–Trinajstić information content (AvgIpc) is 2.36.